The van der Waals surface area contributed by atoms with Crippen molar-refractivity contribution < 1.29 is 22.6 Å². The van der Waals surface area contributed by atoms with Crippen LogP contribution in [0.25, 0.3) is 0 Å². The maximum absolute atomic E-state index is 13.2. The zero-order valence-electron chi connectivity index (χ0n) is 15.2. The number of nitrogens with one attached hydrogen (secondary N) is 1. The van der Waals surface area contributed by atoms with Crippen molar-refractivity contribution in [3.05, 3.63) is 58.9 Å². The summed E-state index contributed by atoms with van der Waals surface area (Å²) in [7, 11) is 3.14. The van der Waals surface area contributed by atoms with Gasteiger partial charge in [0.25, 0.3) is 0 Å². The summed E-state index contributed by atoms with van der Waals surface area (Å²) in [4.78, 5) is 4.20. The standard InChI is InChI=1S/C19H22F3N3O2/c1-26-16-4-3-12(11-17(16)27-2)5-7-24-19(23)25-8-6-13-9-14(20)18(22)15(21)10-13/h3-4,9-11H,5-8H2,1-2H3,(H3,23,24,25). The first kappa shape index (κ1) is 20.4. The second kappa shape index (κ2) is 9.70. The normalized spacial score (nSPS) is 11.4. The summed E-state index contributed by atoms with van der Waals surface area (Å²) in [5.41, 5.74) is 7.12. The molecule has 0 radical (unpaired) electrons. The number of hydrogen-bond donors (Lipinski definition) is 2. The van der Waals surface area contributed by atoms with Crippen LogP contribution in [-0.2, 0) is 12.8 Å². The Labute approximate surface area is 156 Å². The third-order valence-corrected chi connectivity index (χ3v) is 3.89. The SMILES string of the molecule is COc1ccc(CCN=C(N)NCCc2cc(F)c(F)c(F)c2)cc1OC. The highest BCUT2D eigenvalue weighted by Crippen LogP contribution is 2.27. The van der Waals surface area contributed by atoms with Crippen LogP contribution in [0.5, 0.6) is 11.5 Å². The number of halogens is 3. The molecule has 0 bridgehead atoms. The largest absolute Gasteiger partial charge is 0.493 e. The van der Waals surface area contributed by atoms with Crippen LogP contribution >= 0.6 is 0 Å². The number of ether oxygens (including phenoxy) is 2. The van der Waals surface area contributed by atoms with E-state index in [1.165, 1.54) is 0 Å². The zero-order valence-corrected chi connectivity index (χ0v) is 15.2. The molecule has 0 aromatic heterocycles. The van der Waals surface area contributed by atoms with E-state index in [0.29, 0.717) is 36.6 Å². The van der Waals surface area contributed by atoms with Gasteiger partial charge in [0.2, 0.25) is 0 Å². The molecule has 146 valence electrons. The number of benzene rings is 2. The predicted molar refractivity (Wildman–Crippen MR) is 97.8 cm³/mol. The van der Waals surface area contributed by atoms with Gasteiger partial charge in [-0.05, 0) is 48.2 Å². The molecule has 2 aromatic rings. The van der Waals surface area contributed by atoms with Crippen LogP contribution in [-0.4, -0.2) is 33.3 Å². The van der Waals surface area contributed by atoms with Crippen molar-refractivity contribution >= 4 is 5.96 Å². The Morgan fingerprint density at radius 1 is 0.963 bits per heavy atom. The fourth-order valence-corrected chi connectivity index (χ4v) is 2.48. The molecule has 0 aliphatic carbocycles. The minimum absolute atomic E-state index is 0.221. The first-order chi connectivity index (χ1) is 12.9. The molecule has 0 unspecified atom stereocenters. The molecule has 0 saturated carbocycles. The number of nitrogens with zero attached hydrogens (tertiary/aromatic N) is 1. The van der Waals surface area contributed by atoms with Gasteiger partial charge in [-0.2, -0.15) is 0 Å². The van der Waals surface area contributed by atoms with Crippen molar-refractivity contribution in [2.45, 2.75) is 12.8 Å². The van der Waals surface area contributed by atoms with Crippen molar-refractivity contribution in [1.82, 2.24) is 5.32 Å². The highest BCUT2D eigenvalue weighted by molar-refractivity contribution is 5.77. The average Bonchev–Trinajstić information content (AvgIpc) is 2.65. The van der Waals surface area contributed by atoms with E-state index in [9.17, 15) is 13.2 Å². The highest BCUT2D eigenvalue weighted by Gasteiger charge is 2.10. The van der Waals surface area contributed by atoms with Gasteiger partial charge in [-0.15, -0.1) is 0 Å². The van der Waals surface area contributed by atoms with Gasteiger partial charge >= 0.3 is 0 Å². The summed E-state index contributed by atoms with van der Waals surface area (Å²) in [5, 5.41) is 2.86. The van der Waals surface area contributed by atoms with E-state index in [-0.39, 0.29) is 12.4 Å². The molecule has 27 heavy (non-hydrogen) atoms. The molecule has 2 rings (SSSR count). The van der Waals surface area contributed by atoms with Gasteiger partial charge in [-0.1, -0.05) is 6.07 Å². The van der Waals surface area contributed by atoms with Gasteiger partial charge < -0.3 is 20.5 Å². The molecule has 3 N–H and O–H groups in total. The minimum Gasteiger partial charge on any atom is -0.493 e. The average molecular weight is 381 g/mol. The number of guanidine groups is 1. The summed E-state index contributed by atoms with van der Waals surface area (Å²) >= 11 is 0. The Kier molecular flexibility index (Phi) is 7.34. The molecule has 0 saturated heterocycles. The number of aliphatic imine (C=N–C) groups is 1. The molecular weight excluding hydrogens is 359 g/mol. The maximum atomic E-state index is 13.2. The number of methoxy groups -OCH3 is 2. The zero-order chi connectivity index (χ0) is 19.8. The fourth-order valence-electron chi connectivity index (χ4n) is 2.48. The Morgan fingerprint density at radius 3 is 2.26 bits per heavy atom. The molecule has 0 aliphatic heterocycles. The first-order valence-corrected chi connectivity index (χ1v) is 8.32. The smallest absolute Gasteiger partial charge is 0.194 e. The van der Waals surface area contributed by atoms with Gasteiger partial charge in [-0.25, -0.2) is 13.2 Å². The first-order valence-electron chi connectivity index (χ1n) is 8.32. The molecule has 5 nitrogen and oxygen atoms in total. The number of rotatable bonds is 8. The Hall–Kier alpha value is -2.90. The second-order valence-corrected chi connectivity index (χ2v) is 5.76. The molecule has 0 heterocycles. The summed E-state index contributed by atoms with van der Waals surface area (Å²) in [6.07, 6.45) is 0.928. The monoisotopic (exact) mass is 381 g/mol. The molecular formula is C19H22F3N3O2. The van der Waals surface area contributed by atoms with Crippen molar-refractivity contribution in [2.24, 2.45) is 10.7 Å². The third-order valence-electron chi connectivity index (χ3n) is 3.89. The van der Waals surface area contributed by atoms with Crippen LogP contribution in [0.3, 0.4) is 0 Å². The molecule has 0 spiro atoms. The van der Waals surface area contributed by atoms with Gasteiger partial charge in [0.05, 0.1) is 14.2 Å². The predicted octanol–water partition coefficient (Wildman–Crippen LogP) is 2.81. The van der Waals surface area contributed by atoms with Gasteiger partial charge in [0.1, 0.15) is 0 Å². The Morgan fingerprint density at radius 2 is 1.63 bits per heavy atom. The maximum Gasteiger partial charge on any atom is 0.194 e. The third kappa shape index (κ3) is 5.80. The van der Waals surface area contributed by atoms with E-state index in [1.54, 1.807) is 14.2 Å². The van der Waals surface area contributed by atoms with Crippen molar-refractivity contribution in [2.75, 3.05) is 27.3 Å². The lowest BCUT2D eigenvalue weighted by molar-refractivity contribution is 0.354. The molecule has 0 aliphatic rings. The van der Waals surface area contributed by atoms with Crippen LogP contribution in [0, 0.1) is 17.5 Å². The van der Waals surface area contributed by atoms with E-state index in [0.717, 1.165) is 17.7 Å². The van der Waals surface area contributed by atoms with E-state index >= 15 is 0 Å². The topological polar surface area (TPSA) is 68.9 Å². The summed E-state index contributed by atoms with van der Waals surface area (Å²) < 4.78 is 49.7. The molecule has 0 atom stereocenters. The van der Waals surface area contributed by atoms with Crippen molar-refractivity contribution in [3.63, 3.8) is 0 Å². The van der Waals surface area contributed by atoms with Gasteiger partial charge in [-0.3, -0.25) is 4.99 Å². The molecule has 0 fully saturated rings. The lowest BCUT2D eigenvalue weighted by atomic mass is 10.1. The van der Waals surface area contributed by atoms with Crippen LogP contribution in [0.1, 0.15) is 11.1 Å². The number of nitrogens with two attached hydrogens (primary N) is 1. The van der Waals surface area contributed by atoms with Gasteiger partial charge in [0.15, 0.2) is 34.9 Å². The minimum atomic E-state index is -1.47. The van der Waals surface area contributed by atoms with Crippen LogP contribution in [0.2, 0.25) is 0 Å². The van der Waals surface area contributed by atoms with E-state index in [1.807, 2.05) is 18.2 Å². The summed E-state index contributed by atoms with van der Waals surface area (Å²) in [5.74, 6) is -2.37. The lowest BCUT2D eigenvalue weighted by Crippen LogP contribution is -2.33. The van der Waals surface area contributed by atoms with E-state index in [2.05, 4.69) is 10.3 Å². The fraction of sp³-hybridized carbons (Fsp3) is 0.316. The van der Waals surface area contributed by atoms with Crippen molar-refractivity contribution in [3.8, 4) is 11.5 Å². The summed E-state index contributed by atoms with van der Waals surface area (Å²) in [6.45, 7) is 0.768. The highest BCUT2D eigenvalue weighted by atomic mass is 19.2. The molecule has 8 heteroatoms. The Balaban J connectivity index is 1.81. The lowest BCUT2D eigenvalue weighted by Gasteiger charge is -2.09. The van der Waals surface area contributed by atoms with Crippen LogP contribution in [0.15, 0.2) is 35.3 Å². The molecule has 0 amide bonds. The summed E-state index contributed by atoms with van der Waals surface area (Å²) in [6, 6.07) is 7.53. The molecule has 2 aromatic carbocycles. The quantitative estimate of drug-likeness (QED) is 0.419. The Bertz CT molecular complexity index is 790. The number of hydrogen-bond acceptors (Lipinski definition) is 3. The van der Waals surface area contributed by atoms with E-state index in [4.69, 9.17) is 15.2 Å². The van der Waals surface area contributed by atoms with E-state index < -0.39 is 17.5 Å². The van der Waals surface area contributed by atoms with Crippen LogP contribution < -0.4 is 20.5 Å². The van der Waals surface area contributed by atoms with Crippen LogP contribution in [0.4, 0.5) is 13.2 Å². The van der Waals surface area contributed by atoms with Gasteiger partial charge in [0, 0.05) is 13.1 Å². The van der Waals surface area contributed by atoms with Crippen molar-refractivity contribution in [1.29, 1.82) is 0 Å². The second-order valence-electron chi connectivity index (χ2n) is 5.76.